The molecule has 1 amide bonds. The first-order chi connectivity index (χ1) is 5.63. The molecule has 0 heterocycles. The quantitative estimate of drug-likeness (QED) is 0.521. The molecule has 1 atom stereocenters. The number of hydrogen-bond acceptors (Lipinski definition) is 3. The number of rotatable bonds is 3. The van der Waals surface area contributed by atoms with Crippen molar-refractivity contribution in [3.63, 3.8) is 0 Å². The summed E-state index contributed by atoms with van der Waals surface area (Å²) in [5.74, 6) is 0.0375. The Bertz CT molecular complexity index is 166. The van der Waals surface area contributed by atoms with Gasteiger partial charge in [-0.05, 0) is 19.8 Å². The van der Waals surface area contributed by atoms with Crippen LogP contribution in [0.15, 0.2) is 0 Å². The van der Waals surface area contributed by atoms with Gasteiger partial charge in [0, 0.05) is 19.1 Å². The zero-order chi connectivity index (χ0) is 9.14. The molecule has 0 aromatic heterocycles. The van der Waals surface area contributed by atoms with E-state index in [1.54, 1.807) is 7.05 Å². The molecule has 0 bridgehead atoms. The number of nitrogens with one attached hydrogen (secondary N) is 2. The van der Waals surface area contributed by atoms with E-state index in [1.807, 2.05) is 6.92 Å². The molecule has 4 N–H and O–H groups in total. The Labute approximate surface area is 72.9 Å². The van der Waals surface area contributed by atoms with Crippen molar-refractivity contribution in [2.24, 2.45) is 5.73 Å². The summed E-state index contributed by atoms with van der Waals surface area (Å²) in [4.78, 5) is 11.1. The van der Waals surface area contributed by atoms with Gasteiger partial charge in [0.2, 0.25) is 5.91 Å². The molecule has 1 aliphatic rings. The smallest absolute Gasteiger partial charge is 0.236 e. The lowest BCUT2D eigenvalue weighted by atomic mass is 9.87. The lowest BCUT2D eigenvalue weighted by Gasteiger charge is -2.34. The lowest BCUT2D eigenvalue weighted by molar-refractivity contribution is -0.122. The summed E-state index contributed by atoms with van der Waals surface area (Å²) in [7, 11) is 1.65. The molecule has 1 fully saturated rings. The zero-order valence-electron chi connectivity index (χ0n) is 7.63. The van der Waals surface area contributed by atoms with E-state index in [0.717, 1.165) is 12.8 Å². The number of carbonyl (C=O) groups excluding carboxylic acids is 1. The summed E-state index contributed by atoms with van der Waals surface area (Å²) in [6.45, 7) is 1.86. The first kappa shape index (κ1) is 9.48. The molecule has 1 unspecified atom stereocenters. The van der Waals surface area contributed by atoms with Crippen LogP contribution in [0, 0.1) is 0 Å². The van der Waals surface area contributed by atoms with Gasteiger partial charge in [0.05, 0.1) is 6.04 Å². The van der Waals surface area contributed by atoms with E-state index in [0.29, 0.717) is 12.1 Å². The van der Waals surface area contributed by atoms with Gasteiger partial charge in [0.15, 0.2) is 0 Å². The largest absolute Gasteiger partial charge is 0.358 e. The maximum absolute atomic E-state index is 11.1. The van der Waals surface area contributed by atoms with Crippen LogP contribution < -0.4 is 16.4 Å². The van der Waals surface area contributed by atoms with Crippen molar-refractivity contribution < 1.29 is 4.79 Å². The number of hydrogen-bond donors (Lipinski definition) is 3. The summed E-state index contributed by atoms with van der Waals surface area (Å²) < 4.78 is 0. The predicted molar refractivity (Wildman–Crippen MR) is 47.7 cm³/mol. The van der Waals surface area contributed by atoms with Gasteiger partial charge in [-0.2, -0.15) is 0 Å². The van der Waals surface area contributed by atoms with Crippen LogP contribution in [-0.2, 0) is 4.79 Å². The third kappa shape index (κ3) is 2.19. The molecule has 0 radical (unpaired) electrons. The number of amides is 1. The van der Waals surface area contributed by atoms with Gasteiger partial charge in [-0.3, -0.25) is 4.79 Å². The maximum atomic E-state index is 11.1. The molecule has 0 saturated heterocycles. The summed E-state index contributed by atoms with van der Waals surface area (Å²) in [6, 6.07) is 0.666. The number of nitrogens with two attached hydrogens (primary N) is 1. The van der Waals surface area contributed by atoms with Crippen LogP contribution in [-0.4, -0.2) is 31.1 Å². The molecular weight excluding hydrogens is 154 g/mol. The molecule has 0 aromatic carbocycles. The van der Waals surface area contributed by atoms with Gasteiger partial charge in [-0.25, -0.2) is 0 Å². The minimum absolute atomic E-state index is 0.0375. The van der Waals surface area contributed by atoms with Crippen molar-refractivity contribution in [1.82, 2.24) is 10.6 Å². The fraction of sp³-hybridized carbons (Fsp3) is 0.875. The highest BCUT2D eigenvalue weighted by molar-refractivity contribution is 5.80. The van der Waals surface area contributed by atoms with Crippen molar-refractivity contribution in [3.05, 3.63) is 0 Å². The molecule has 4 nitrogen and oxygen atoms in total. The van der Waals surface area contributed by atoms with Gasteiger partial charge in [0.25, 0.3) is 0 Å². The van der Waals surface area contributed by atoms with Gasteiger partial charge in [0.1, 0.15) is 0 Å². The third-order valence-corrected chi connectivity index (χ3v) is 2.30. The summed E-state index contributed by atoms with van der Waals surface area (Å²) in [6.07, 6.45) is 1.97. The Morgan fingerprint density at radius 3 is 2.58 bits per heavy atom. The van der Waals surface area contributed by atoms with E-state index in [2.05, 4.69) is 10.6 Å². The van der Waals surface area contributed by atoms with E-state index in [1.165, 1.54) is 0 Å². The molecule has 1 saturated carbocycles. The molecule has 1 aliphatic carbocycles. The molecule has 12 heavy (non-hydrogen) atoms. The Hall–Kier alpha value is -0.610. The van der Waals surface area contributed by atoms with Gasteiger partial charge >= 0.3 is 0 Å². The van der Waals surface area contributed by atoms with Crippen LogP contribution >= 0.6 is 0 Å². The van der Waals surface area contributed by atoms with Crippen molar-refractivity contribution in [2.45, 2.75) is 37.9 Å². The standard InChI is InChI=1S/C8H17N3O/c1-5(8(12)10-2)11-7-3-6(9)4-7/h5-7,11H,3-4,9H2,1-2H3,(H,10,12). The van der Waals surface area contributed by atoms with Crippen LogP contribution in [0.2, 0.25) is 0 Å². The second-order valence-corrected chi connectivity index (χ2v) is 3.43. The second kappa shape index (κ2) is 3.87. The molecular formula is C8H17N3O. The molecule has 1 rings (SSSR count). The van der Waals surface area contributed by atoms with Gasteiger partial charge < -0.3 is 16.4 Å². The SMILES string of the molecule is CNC(=O)C(C)NC1CC(N)C1. The summed E-state index contributed by atoms with van der Waals surface area (Å²) in [5.41, 5.74) is 5.61. The van der Waals surface area contributed by atoms with Crippen molar-refractivity contribution >= 4 is 5.91 Å². The predicted octanol–water partition coefficient (Wildman–Crippen LogP) is -0.800. The fourth-order valence-electron chi connectivity index (χ4n) is 1.44. The van der Waals surface area contributed by atoms with Gasteiger partial charge in [-0.1, -0.05) is 0 Å². The monoisotopic (exact) mass is 171 g/mol. The van der Waals surface area contributed by atoms with E-state index >= 15 is 0 Å². The molecule has 4 heteroatoms. The van der Waals surface area contributed by atoms with Crippen LogP contribution in [0.1, 0.15) is 19.8 Å². The van der Waals surface area contributed by atoms with Crippen LogP contribution in [0.3, 0.4) is 0 Å². The number of carbonyl (C=O) groups is 1. The van der Waals surface area contributed by atoms with Crippen molar-refractivity contribution in [2.75, 3.05) is 7.05 Å². The van der Waals surface area contributed by atoms with Crippen LogP contribution in [0.4, 0.5) is 0 Å². The van der Waals surface area contributed by atoms with E-state index in [4.69, 9.17) is 5.73 Å². The zero-order valence-corrected chi connectivity index (χ0v) is 7.63. The molecule has 0 spiro atoms. The highest BCUT2D eigenvalue weighted by atomic mass is 16.2. The van der Waals surface area contributed by atoms with E-state index in [-0.39, 0.29) is 11.9 Å². The highest BCUT2D eigenvalue weighted by Crippen LogP contribution is 2.17. The van der Waals surface area contributed by atoms with Crippen molar-refractivity contribution in [1.29, 1.82) is 0 Å². The normalized spacial score (nSPS) is 30.6. The second-order valence-electron chi connectivity index (χ2n) is 3.43. The lowest BCUT2D eigenvalue weighted by Crippen LogP contribution is -2.54. The average molecular weight is 171 g/mol. The summed E-state index contributed by atoms with van der Waals surface area (Å²) in [5, 5.41) is 5.80. The van der Waals surface area contributed by atoms with Crippen LogP contribution in [0.25, 0.3) is 0 Å². The maximum Gasteiger partial charge on any atom is 0.236 e. The topological polar surface area (TPSA) is 67.2 Å². The van der Waals surface area contributed by atoms with E-state index < -0.39 is 0 Å². The average Bonchev–Trinajstić information content (AvgIpc) is 2.00. The molecule has 0 aromatic rings. The Morgan fingerprint density at radius 2 is 2.17 bits per heavy atom. The minimum atomic E-state index is -0.104. The fourth-order valence-corrected chi connectivity index (χ4v) is 1.44. The Balaban J connectivity index is 2.18. The first-order valence-electron chi connectivity index (χ1n) is 4.36. The van der Waals surface area contributed by atoms with Gasteiger partial charge in [-0.15, -0.1) is 0 Å². The summed E-state index contributed by atoms with van der Waals surface area (Å²) >= 11 is 0. The molecule has 70 valence electrons. The molecule has 0 aliphatic heterocycles. The third-order valence-electron chi connectivity index (χ3n) is 2.30. The van der Waals surface area contributed by atoms with Crippen LogP contribution in [0.5, 0.6) is 0 Å². The number of likely N-dealkylation sites (N-methyl/N-ethyl adjacent to an activating group) is 1. The Kier molecular flexibility index (Phi) is 3.05. The first-order valence-corrected chi connectivity index (χ1v) is 4.36. The Morgan fingerprint density at radius 1 is 1.58 bits per heavy atom. The minimum Gasteiger partial charge on any atom is -0.358 e. The van der Waals surface area contributed by atoms with Crippen molar-refractivity contribution in [3.8, 4) is 0 Å². The van der Waals surface area contributed by atoms with E-state index in [9.17, 15) is 4.79 Å². The highest BCUT2D eigenvalue weighted by Gasteiger charge is 2.27.